The highest BCUT2D eigenvalue weighted by atomic mass is 32.2. The third kappa shape index (κ3) is 6.09. The topological polar surface area (TPSA) is 66.5 Å². The molecular weight excluding hydrogens is 319 g/mol. The molecule has 0 radical (unpaired) electrons. The number of nitrogens with one attached hydrogen (secondary N) is 1. The summed E-state index contributed by atoms with van der Waals surface area (Å²) in [7, 11) is 1.94. The van der Waals surface area contributed by atoms with Crippen LogP contribution < -0.4 is 5.32 Å². The van der Waals surface area contributed by atoms with Crippen molar-refractivity contribution in [2.75, 3.05) is 25.2 Å². The van der Waals surface area contributed by atoms with E-state index in [1.807, 2.05) is 0 Å². The minimum absolute atomic E-state index is 0.0331. The molecule has 0 aliphatic rings. The van der Waals surface area contributed by atoms with Crippen LogP contribution in [0.15, 0.2) is 18.2 Å². The molecule has 5 nitrogen and oxygen atoms in total. The van der Waals surface area contributed by atoms with Crippen LogP contribution in [-0.4, -0.2) is 46.0 Å². The summed E-state index contributed by atoms with van der Waals surface area (Å²) in [6.07, 6.45) is 0.761. The molecule has 2 atom stereocenters. The lowest BCUT2D eigenvalue weighted by Gasteiger charge is -2.13. The molecular formula is C16H23FN2O3S. The Balaban J connectivity index is 2.50. The molecule has 0 heterocycles. The Morgan fingerprint density at radius 1 is 1.35 bits per heavy atom. The van der Waals surface area contributed by atoms with Crippen LogP contribution >= 0.6 is 0 Å². The molecule has 128 valence electrons. The quantitative estimate of drug-likeness (QED) is 0.825. The van der Waals surface area contributed by atoms with Gasteiger partial charge < -0.3 is 10.2 Å². The van der Waals surface area contributed by atoms with E-state index in [4.69, 9.17) is 0 Å². The van der Waals surface area contributed by atoms with Gasteiger partial charge in [0, 0.05) is 42.8 Å². The van der Waals surface area contributed by atoms with E-state index < -0.39 is 27.8 Å². The second kappa shape index (κ2) is 8.76. The molecule has 0 unspecified atom stereocenters. The van der Waals surface area contributed by atoms with Gasteiger partial charge in [0.25, 0.3) is 0 Å². The fourth-order valence-corrected chi connectivity index (χ4v) is 2.88. The smallest absolute Gasteiger partial charge is 0.239 e. The van der Waals surface area contributed by atoms with E-state index >= 15 is 0 Å². The molecule has 0 saturated carbocycles. The van der Waals surface area contributed by atoms with E-state index in [0.717, 1.165) is 0 Å². The molecule has 0 aliphatic carbocycles. The largest absolute Gasteiger partial charge is 0.349 e. The van der Waals surface area contributed by atoms with Gasteiger partial charge in [0.2, 0.25) is 11.8 Å². The maximum atomic E-state index is 13.4. The summed E-state index contributed by atoms with van der Waals surface area (Å²) >= 11 is 0. The van der Waals surface area contributed by atoms with Crippen LogP contribution in [0, 0.1) is 12.7 Å². The number of rotatable bonds is 7. The van der Waals surface area contributed by atoms with Crippen molar-refractivity contribution >= 4 is 28.3 Å². The number of nitrogens with zero attached hydrogens (tertiary/aromatic N) is 1. The molecule has 7 heteroatoms. The Morgan fingerprint density at radius 2 is 2.00 bits per heavy atom. The normalized spacial score (nSPS) is 13.3. The molecule has 0 fully saturated rings. The number of aryl methyl sites for hydroxylation is 1. The first kappa shape index (κ1) is 19.3. The number of anilines is 1. The summed E-state index contributed by atoms with van der Waals surface area (Å²) in [6.45, 7) is 3.19. The number of hydrogen-bond acceptors (Lipinski definition) is 3. The Morgan fingerprint density at radius 3 is 2.57 bits per heavy atom. The zero-order chi connectivity index (χ0) is 17.6. The predicted molar refractivity (Wildman–Crippen MR) is 90.2 cm³/mol. The summed E-state index contributed by atoms with van der Waals surface area (Å²) in [5.74, 6) is -0.588. The average molecular weight is 342 g/mol. The molecule has 2 amide bonds. The van der Waals surface area contributed by atoms with Gasteiger partial charge in [-0.2, -0.15) is 0 Å². The zero-order valence-electron chi connectivity index (χ0n) is 13.9. The lowest BCUT2D eigenvalue weighted by atomic mass is 10.2. The fraction of sp³-hybridized carbons (Fsp3) is 0.500. The maximum Gasteiger partial charge on any atom is 0.239 e. The second-order valence-electron chi connectivity index (χ2n) is 5.57. The summed E-state index contributed by atoms with van der Waals surface area (Å²) in [5, 5.41) is 1.83. The van der Waals surface area contributed by atoms with Crippen molar-refractivity contribution < 1.29 is 18.2 Å². The summed E-state index contributed by atoms with van der Waals surface area (Å²) in [5.41, 5.74) is 0.829. The lowest BCUT2D eigenvalue weighted by Crippen LogP contribution is -2.30. The predicted octanol–water partition coefficient (Wildman–Crippen LogP) is 2.08. The van der Waals surface area contributed by atoms with Crippen LogP contribution in [0.4, 0.5) is 10.1 Å². The Kier molecular flexibility index (Phi) is 7.35. The number of halogens is 1. The second-order valence-corrected chi connectivity index (χ2v) is 7.45. The van der Waals surface area contributed by atoms with Crippen molar-refractivity contribution in [1.29, 1.82) is 0 Å². The molecule has 1 N–H and O–H groups in total. The van der Waals surface area contributed by atoms with Crippen molar-refractivity contribution in [2.24, 2.45) is 0 Å². The molecule has 0 saturated heterocycles. The fourth-order valence-electron chi connectivity index (χ4n) is 1.80. The van der Waals surface area contributed by atoms with E-state index in [0.29, 0.717) is 24.1 Å². The van der Waals surface area contributed by atoms with Gasteiger partial charge in [-0.25, -0.2) is 4.39 Å². The van der Waals surface area contributed by atoms with E-state index in [-0.39, 0.29) is 11.7 Å². The van der Waals surface area contributed by atoms with Crippen molar-refractivity contribution in [3.8, 4) is 0 Å². The number of carbonyl (C=O) groups excluding carboxylic acids is 2. The van der Waals surface area contributed by atoms with Crippen LogP contribution in [0.25, 0.3) is 0 Å². The van der Waals surface area contributed by atoms with Crippen molar-refractivity contribution in [2.45, 2.75) is 31.9 Å². The monoisotopic (exact) mass is 342 g/mol. The van der Waals surface area contributed by atoms with E-state index in [1.54, 1.807) is 40.1 Å². The highest BCUT2D eigenvalue weighted by Crippen LogP contribution is 2.14. The highest BCUT2D eigenvalue weighted by Gasteiger charge is 2.20. The van der Waals surface area contributed by atoms with E-state index in [1.165, 1.54) is 11.0 Å². The van der Waals surface area contributed by atoms with Crippen LogP contribution in [0.3, 0.4) is 0 Å². The molecule has 1 aromatic carbocycles. The van der Waals surface area contributed by atoms with Gasteiger partial charge in [0.1, 0.15) is 11.1 Å². The van der Waals surface area contributed by atoms with Crippen molar-refractivity contribution in [3.63, 3.8) is 0 Å². The SMILES string of the molecule is Cc1ccc(NC(=O)[C@@H](C)[S@](=O)CCCC(=O)N(C)C)cc1F. The Labute approximate surface area is 138 Å². The molecule has 1 rings (SSSR count). The average Bonchev–Trinajstić information content (AvgIpc) is 2.49. The third-order valence-corrected chi connectivity index (χ3v) is 5.13. The van der Waals surface area contributed by atoms with Gasteiger partial charge in [-0.3, -0.25) is 13.8 Å². The molecule has 0 aromatic heterocycles. The zero-order valence-corrected chi connectivity index (χ0v) is 14.7. The van der Waals surface area contributed by atoms with Crippen LogP contribution in [0.1, 0.15) is 25.3 Å². The first-order valence-electron chi connectivity index (χ1n) is 7.36. The molecule has 1 aromatic rings. The standard InChI is InChI=1S/C16H23FN2O3S/c1-11-7-8-13(10-14(11)17)18-16(21)12(2)23(22)9-5-6-15(20)19(3)4/h7-8,10,12H,5-6,9H2,1-4H3,(H,18,21)/t12-,23-/m1/s1. The first-order valence-corrected chi connectivity index (χ1v) is 8.75. The number of amides is 2. The number of hydrogen-bond donors (Lipinski definition) is 1. The lowest BCUT2D eigenvalue weighted by molar-refractivity contribution is -0.128. The van der Waals surface area contributed by atoms with Crippen molar-refractivity contribution in [1.82, 2.24) is 4.90 Å². The Bertz CT molecular complexity index is 605. The summed E-state index contributed by atoms with van der Waals surface area (Å²) < 4.78 is 25.5. The van der Waals surface area contributed by atoms with Gasteiger partial charge in [-0.15, -0.1) is 0 Å². The van der Waals surface area contributed by atoms with Gasteiger partial charge >= 0.3 is 0 Å². The molecule has 0 aliphatic heterocycles. The van der Waals surface area contributed by atoms with Crippen molar-refractivity contribution in [3.05, 3.63) is 29.6 Å². The number of carbonyl (C=O) groups is 2. The minimum atomic E-state index is -1.38. The van der Waals surface area contributed by atoms with Crippen LogP contribution in [0.5, 0.6) is 0 Å². The highest BCUT2D eigenvalue weighted by molar-refractivity contribution is 7.86. The third-order valence-electron chi connectivity index (χ3n) is 3.44. The Hall–Kier alpha value is -1.76. The molecule has 0 spiro atoms. The van der Waals surface area contributed by atoms with Gasteiger partial charge in [0.15, 0.2) is 0 Å². The van der Waals surface area contributed by atoms with E-state index in [9.17, 15) is 18.2 Å². The first-order chi connectivity index (χ1) is 10.7. The molecule has 0 bridgehead atoms. The maximum absolute atomic E-state index is 13.4. The van der Waals surface area contributed by atoms with Gasteiger partial charge in [-0.05, 0) is 38.0 Å². The number of benzene rings is 1. The van der Waals surface area contributed by atoms with Crippen LogP contribution in [-0.2, 0) is 20.4 Å². The molecule has 23 heavy (non-hydrogen) atoms. The summed E-state index contributed by atoms with van der Waals surface area (Å²) in [6, 6.07) is 4.40. The van der Waals surface area contributed by atoms with Crippen LogP contribution in [0.2, 0.25) is 0 Å². The van der Waals surface area contributed by atoms with E-state index in [2.05, 4.69) is 5.32 Å². The minimum Gasteiger partial charge on any atom is -0.349 e. The van der Waals surface area contributed by atoms with Gasteiger partial charge in [0.05, 0.1) is 0 Å². The summed E-state index contributed by atoms with van der Waals surface area (Å²) in [4.78, 5) is 25.0. The van der Waals surface area contributed by atoms with Gasteiger partial charge in [-0.1, -0.05) is 6.07 Å².